The molecule has 6 heteroatoms. The largest absolute Gasteiger partial charge is 0.381 e. The van der Waals surface area contributed by atoms with E-state index in [4.69, 9.17) is 9.26 Å². The first-order valence-corrected chi connectivity index (χ1v) is 6.64. The maximum Gasteiger partial charge on any atom is 0.191 e. The van der Waals surface area contributed by atoms with Gasteiger partial charge in [-0.1, -0.05) is 5.16 Å². The lowest BCUT2D eigenvalue weighted by molar-refractivity contribution is 0.186. The van der Waals surface area contributed by atoms with Crippen LogP contribution in [-0.2, 0) is 11.3 Å². The number of aromatic nitrogens is 1. The zero-order chi connectivity index (χ0) is 13.7. The van der Waals surface area contributed by atoms with Crippen molar-refractivity contribution in [1.29, 1.82) is 0 Å². The Labute approximate surface area is 113 Å². The molecule has 2 heterocycles. The lowest BCUT2D eigenvalue weighted by Gasteiger charge is -2.14. The molecule has 0 saturated carbocycles. The Kier molecular flexibility index (Phi) is 4.79. The highest BCUT2D eigenvalue weighted by atomic mass is 16.5. The average Bonchev–Trinajstić information content (AvgIpc) is 3.02. The maximum absolute atomic E-state index is 5.35. The highest BCUT2D eigenvalue weighted by Crippen LogP contribution is 2.12. The Morgan fingerprint density at radius 1 is 1.42 bits per heavy atom. The van der Waals surface area contributed by atoms with Crippen LogP contribution in [-0.4, -0.2) is 37.9 Å². The number of aryl methyl sites for hydroxylation is 2. The molecule has 1 fully saturated rings. The van der Waals surface area contributed by atoms with Crippen molar-refractivity contribution in [2.45, 2.75) is 26.8 Å². The monoisotopic (exact) mass is 266 g/mol. The van der Waals surface area contributed by atoms with Crippen molar-refractivity contribution in [3.63, 3.8) is 0 Å². The Bertz CT molecular complexity index is 416. The average molecular weight is 266 g/mol. The first-order chi connectivity index (χ1) is 9.20. The van der Waals surface area contributed by atoms with E-state index in [0.29, 0.717) is 12.5 Å². The van der Waals surface area contributed by atoms with Crippen LogP contribution in [0.3, 0.4) is 0 Å². The smallest absolute Gasteiger partial charge is 0.191 e. The molecule has 0 aromatic carbocycles. The summed E-state index contributed by atoms with van der Waals surface area (Å²) >= 11 is 0. The van der Waals surface area contributed by atoms with Gasteiger partial charge in [-0.15, -0.1) is 0 Å². The molecule has 1 aromatic rings. The van der Waals surface area contributed by atoms with Crippen LogP contribution >= 0.6 is 0 Å². The number of nitrogens with zero attached hydrogens (tertiary/aromatic N) is 2. The standard InChI is InChI=1S/C13H22N4O2/c1-9-12(10(2)19-17-9)7-16-13(14-3)15-6-11-4-5-18-8-11/h11H,4-8H2,1-3H3,(H2,14,15,16). The minimum atomic E-state index is 0.581. The predicted molar refractivity (Wildman–Crippen MR) is 73.1 cm³/mol. The summed E-state index contributed by atoms with van der Waals surface area (Å²) in [5.41, 5.74) is 2.01. The summed E-state index contributed by atoms with van der Waals surface area (Å²) in [4.78, 5) is 4.21. The van der Waals surface area contributed by atoms with Crippen molar-refractivity contribution < 1.29 is 9.26 Å². The van der Waals surface area contributed by atoms with Crippen molar-refractivity contribution in [2.24, 2.45) is 10.9 Å². The minimum Gasteiger partial charge on any atom is -0.381 e. The van der Waals surface area contributed by atoms with E-state index in [1.54, 1.807) is 7.05 Å². The van der Waals surface area contributed by atoms with Gasteiger partial charge in [-0.25, -0.2) is 0 Å². The van der Waals surface area contributed by atoms with Crippen LogP contribution in [0, 0.1) is 19.8 Å². The first kappa shape index (κ1) is 13.9. The van der Waals surface area contributed by atoms with E-state index in [0.717, 1.165) is 49.2 Å². The van der Waals surface area contributed by atoms with Gasteiger partial charge in [0, 0.05) is 38.2 Å². The van der Waals surface area contributed by atoms with Gasteiger partial charge in [0.05, 0.1) is 12.3 Å². The summed E-state index contributed by atoms with van der Waals surface area (Å²) in [7, 11) is 1.77. The van der Waals surface area contributed by atoms with Crippen molar-refractivity contribution in [3.05, 3.63) is 17.0 Å². The third-order valence-electron chi connectivity index (χ3n) is 3.42. The molecule has 1 aromatic heterocycles. The molecule has 0 radical (unpaired) electrons. The van der Waals surface area contributed by atoms with Gasteiger partial charge >= 0.3 is 0 Å². The molecule has 1 aliphatic rings. The van der Waals surface area contributed by atoms with Crippen molar-refractivity contribution >= 4 is 5.96 Å². The molecule has 1 atom stereocenters. The van der Waals surface area contributed by atoms with Crippen molar-refractivity contribution in [3.8, 4) is 0 Å². The zero-order valence-electron chi connectivity index (χ0n) is 11.8. The molecule has 2 N–H and O–H groups in total. The fourth-order valence-corrected chi connectivity index (χ4v) is 2.13. The number of ether oxygens (including phenoxy) is 1. The van der Waals surface area contributed by atoms with Gasteiger partial charge in [-0.2, -0.15) is 0 Å². The van der Waals surface area contributed by atoms with Crippen LogP contribution in [0.1, 0.15) is 23.4 Å². The summed E-state index contributed by atoms with van der Waals surface area (Å²) in [6.07, 6.45) is 1.12. The van der Waals surface area contributed by atoms with Crippen molar-refractivity contribution in [1.82, 2.24) is 15.8 Å². The Balaban J connectivity index is 1.79. The third kappa shape index (κ3) is 3.70. The van der Waals surface area contributed by atoms with Crippen LogP contribution < -0.4 is 10.6 Å². The van der Waals surface area contributed by atoms with Crippen LogP contribution in [0.4, 0.5) is 0 Å². The fraction of sp³-hybridized carbons (Fsp3) is 0.692. The normalized spacial score (nSPS) is 19.7. The molecule has 0 amide bonds. The van der Waals surface area contributed by atoms with Gasteiger partial charge in [0.1, 0.15) is 5.76 Å². The molecule has 0 aliphatic carbocycles. The van der Waals surface area contributed by atoms with Gasteiger partial charge in [-0.3, -0.25) is 4.99 Å². The van der Waals surface area contributed by atoms with E-state index in [1.807, 2.05) is 13.8 Å². The molecular weight excluding hydrogens is 244 g/mol. The number of guanidine groups is 1. The van der Waals surface area contributed by atoms with E-state index in [9.17, 15) is 0 Å². The van der Waals surface area contributed by atoms with E-state index in [1.165, 1.54) is 0 Å². The van der Waals surface area contributed by atoms with Crippen LogP contribution in [0.2, 0.25) is 0 Å². The van der Waals surface area contributed by atoms with Gasteiger partial charge in [0.2, 0.25) is 0 Å². The highest BCUT2D eigenvalue weighted by molar-refractivity contribution is 5.79. The van der Waals surface area contributed by atoms with E-state index < -0.39 is 0 Å². The molecule has 0 spiro atoms. The van der Waals surface area contributed by atoms with Gasteiger partial charge in [0.15, 0.2) is 5.96 Å². The van der Waals surface area contributed by atoms with Crippen LogP contribution in [0.5, 0.6) is 0 Å². The van der Waals surface area contributed by atoms with Crippen LogP contribution in [0.15, 0.2) is 9.52 Å². The summed E-state index contributed by atoms with van der Waals surface area (Å²) in [6.45, 7) is 7.14. The molecule has 1 unspecified atom stereocenters. The first-order valence-electron chi connectivity index (χ1n) is 6.64. The molecule has 106 valence electrons. The topological polar surface area (TPSA) is 71.7 Å². The number of aliphatic imine (C=N–C) groups is 1. The second kappa shape index (κ2) is 6.56. The Morgan fingerprint density at radius 3 is 2.84 bits per heavy atom. The van der Waals surface area contributed by atoms with Gasteiger partial charge in [0.25, 0.3) is 0 Å². The minimum absolute atomic E-state index is 0.581. The molecule has 1 aliphatic heterocycles. The third-order valence-corrected chi connectivity index (χ3v) is 3.42. The summed E-state index contributed by atoms with van der Waals surface area (Å²) < 4.78 is 10.5. The fourth-order valence-electron chi connectivity index (χ4n) is 2.13. The Morgan fingerprint density at radius 2 is 2.26 bits per heavy atom. The van der Waals surface area contributed by atoms with E-state index in [2.05, 4.69) is 20.8 Å². The van der Waals surface area contributed by atoms with Crippen LogP contribution in [0.25, 0.3) is 0 Å². The molecule has 19 heavy (non-hydrogen) atoms. The highest BCUT2D eigenvalue weighted by Gasteiger charge is 2.16. The van der Waals surface area contributed by atoms with Gasteiger partial charge in [-0.05, 0) is 20.3 Å². The van der Waals surface area contributed by atoms with E-state index >= 15 is 0 Å². The quantitative estimate of drug-likeness (QED) is 0.628. The molecule has 0 bridgehead atoms. The van der Waals surface area contributed by atoms with Gasteiger partial charge < -0.3 is 19.9 Å². The zero-order valence-corrected chi connectivity index (χ0v) is 11.8. The lowest BCUT2D eigenvalue weighted by Crippen LogP contribution is -2.39. The summed E-state index contributed by atoms with van der Waals surface area (Å²) in [5.74, 6) is 2.23. The summed E-state index contributed by atoms with van der Waals surface area (Å²) in [5, 5.41) is 10.5. The number of hydrogen-bond donors (Lipinski definition) is 2. The lowest BCUT2D eigenvalue weighted by atomic mass is 10.1. The second-order valence-electron chi connectivity index (χ2n) is 4.84. The number of rotatable bonds is 4. The predicted octanol–water partition coefficient (Wildman–Crippen LogP) is 0.993. The SMILES string of the molecule is CN=C(NCc1c(C)noc1C)NCC1CCOC1. The van der Waals surface area contributed by atoms with E-state index in [-0.39, 0.29) is 0 Å². The second-order valence-corrected chi connectivity index (χ2v) is 4.84. The molecular formula is C13H22N4O2. The van der Waals surface area contributed by atoms with Crippen molar-refractivity contribution in [2.75, 3.05) is 26.8 Å². The number of nitrogens with one attached hydrogen (secondary N) is 2. The molecule has 2 rings (SSSR count). The Hall–Kier alpha value is -1.56. The molecule has 6 nitrogen and oxygen atoms in total. The molecule has 1 saturated heterocycles. The number of hydrogen-bond acceptors (Lipinski definition) is 4. The maximum atomic E-state index is 5.35. The summed E-state index contributed by atoms with van der Waals surface area (Å²) in [6, 6.07) is 0.